The fourth-order valence-electron chi connectivity index (χ4n) is 1.14. The third kappa shape index (κ3) is 4.10. The van der Waals surface area contributed by atoms with E-state index in [1.54, 1.807) is 25.1 Å². The zero-order chi connectivity index (χ0) is 11.5. The van der Waals surface area contributed by atoms with Crippen molar-refractivity contribution in [2.24, 2.45) is 0 Å². The van der Waals surface area contributed by atoms with Gasteiger partial charge in [0.05, 0.1) is 0 Å². The minimum absolute atomic E-state index is 0.106. The molecule has 15 heavy (non-hydrogen) atoms. The third-order valence-electron chi connectivity index (χ3n) is 1.85. The van der Waals surface area contributed by atoms with Gasteiger partial charge in [0.1, 0.15) is 4.66 Å². The van der Waals surface area contributed by atoms with Crippen molar-refractivity contribution in [3.05, 3.63) is 34.9 Å². The summed E-state index contributed by atoms with van der Waals surface area (Å²) in [6, 6.07) is 6.81. The van der Waals surface area contributed by atoms with E-state index in [0.717, 1.165) is 5.56 Å². The zero-order valence-corrected chi connectivity index (χ0v) is 11.2. The van der Waals surface area contributed by atoms with Crippen molar-refractivity contribution in [2.45, 2.75) is 13.0 Å². The molecule has 0 unspecified atom stereocenters. The molecule has 3 nitrogen and oxygen atoms in total. The summed E-state index contributed by atoms with van der Waals surface area (Å²) in [7, 11) is -3.26. The number of hydrogen-bond donors (Lipinski definition) is 1. The van der Waals surface area contributed by atoms with E-state index < -0.39 is 10.0 Å². The van der Waals surface area contributed by atoms with Crippen molar-refractivity contribution in [3.8, 4) is 0 Å². The lowest BCUT2D eigenvalue weighted by molar-refractivity contribution is 0.572. The Labute approximate surface area is 103 Å². The van der Waals surface area contributed by atoms with Crippen molar-refractivity contribution in [3.63, 3.8) is 0 Å². The maximum Gasteiger partial charge on any atom is 0.222 e. The quantitative estimate of drug-likeness (QED) is 0.869. The van der Waals surface area contributed by atoms with Crippen LogP contribution >= 0.6 is 27.5 Å². The van der Waals surface area contributed by atoms with E-state index in [0.29, 0.717) is 5.02 Å². The van der Waals surface area contributed by atoms with E-state index in [-0.39, 0.29) is 10.7 Å². The summed E-state index contributed by atoms with van der Waals surface area (Å²) >= 11 is 8.72. The van der Waals surface area contributed by atoms with Crippen molar-refractivity contribution >= 4 is 37.6 Å². The minimum Gasteiger partial charge on any atom is -0.212 e. The fourth-order valence-corrected chi connectivity index (χ4v) is 2.48. The summed E-state index contributed by atoms with van der Waals surface area (Å²) < 4.78 is 25.0. The maximum absolute atomic E-state index is 11.3. The SMILES string of the molecule is C[C@@H](NS(=O)(=O)CBr)c1cccc(Cl)c1. The second-order valence-corrected chi connectivity index (χ2v) is 6.61. The molecular weight excluding hydrogens is 302 g/mol. The highest BCUT2D eigenvalue weighted by Crippen LogP contribution is 2.18. The molecule has 84 valence electrons. The van der Waals surface area contributed by atoms with Crippen LogP contribution in [0.1, 0.15) is 18.5 Å². The van der Waals surface area contributed by atoms with Gasteiger partial charge in [-0.15, -0.1) is 0 Å². The molecule has 1 atom stereocenters. The Kier molecular flexibility index (Phi) is 4.58. The van der Waals surface area contributed by atoms with Gasteiger partial charge in [0.15, 0.2) is 0 Å². The number of hydrogen-bond acceptors (Lipinski definition) is 2. The predicted molar refractivity (Wildman–Crippen MR) is 65.7 cm³/mol. The van der Waals surface area contributed by atoms with Gasteiger partial charge in [0, 0.05) is 11.1 Å². The second kappa shape index (κ2) is 5.30. The average Bonchev–Trinajstić information content (AvgIpc) is 2.17. The second-order valence-electron chi connectivity index (χ2n) is 3.12. The molecule has 0 aromatic heterocycles. The molecule has 0 bridgehead atoms. The Morgan fingerprint density at radius 3 is 2.73 bits per heavy atom. The highest BCUT2D eigenvalue weighted by Gasteiger charge is 2.14. The molecular formula is C9H11BrClNO2S. The fraction of sp³-hybridized carbons (Fsp3) is 0.333. The van der Waals surface area contributed by atoms with E-state index in [1.165, 1.54) is 0 Å². The number of nitrogens with one attached hydrogen (secondary N) is 1. The van der Waals surface area contributed by atoms with E-state index in [2.05, 4.69) is 20.7 Å². The zero-order valence-electron chi connectivity index (χ0n) is 8.07. The Morgan fingerprint density at radius 1 is 1.53 bits per heavy atom. The van der Waals surface area contributed by atoms with Gasteiger partial charge in [-0.3, -0.25) is 0 Å². The van der Waals surface area contributed by atoms with Crippen molar-refractivity contribution in [2.75, 3.05) is 4.66 Å². The van der Waals surface area contributed by atoms with Crippen LogP contribution in [0.3, 0.4) is 0 Å². The summed E-state index contributed by atoms with van der Waals surface area (Å²) in [5.41, 5.74) is 0.840. The lowest BCUT2D eigenvalue weighted by Crippen LogP contribution is -2.27. The van der Waals surface area contributed by atoms with Gasteiger partial charge in [0.2, 0.25) is 10.0 Å². The minimum atomic E-state index is -3.26. The Hall–Kier alpha value is -0.100. The first-order chi connectivity index (χ1) is 6.94. The summed E-state index contributed by atoms with van der Waals surface area (Å²) in [6.07, 6.45) is 0. The largest absolute Gasteiger partial charge is 0.222 e. The van der Waals surface area contributed by atoms with E-state index in [1.807, 2.05) is 6.07 Å². The molecule has 1 aromatic rings. The van der Waals surface area contributed by atoms with Crippen molar-refractivity contribution < 1.29 is 8.42 Å². The molecule has 1 N–H and O–H groups in total. The highest BCUT2D eigenvalue weighted by atomic mass is 79.9. The van der Waals surface area contributed by atoms with Gasteiger partial charge in [-0.25, -0.2) is 13.1 Å². The van der Waals surface area contributed by atoms with E-state index >= 15 is 0 Å². The molecule has 0 fully saturated rings. The molecule has 0 radical (unpaired) electrons. The molecule has 0 aliphatic rings. The molecule has 0 saturated heterocycles. The van der Waals surface area contributed by atoms with Crippen LogP contribution in [0.2, 0.25) is 5.02 Å². The van der Waals surface area contributed by atoms with Gasteiger partial charge in [-0.2, -0.15) is 0 Å². The van der Waals surface area contributed by atoms with Crippen molar-refractivity contribution in [1.82, 2.24) is 4.72 Å². The standard InChI is InChI=1S/C9H11BrClNO2S/c1-7(12-15(13,14)6-10)8-3-2-4-9(11)5-8/h2-5,7,12H,6H2,1H3/t7-/m1/s1. The lowest BCUT2D eigenvalue weighted by Gasteiger charge is -2.13. The van der Waals surface area contributed by atoms with Gasteiger partial charge in [-0.1, -0.05) is 39.7 Å². The molecule has 1 aromatic carbocycles. The number of alkyl halides is 1. The summed E-state index contributed by atoms with van der Waals surface area (Å²) in [5.74, 6) is 0. The van der Waals surface area contributed by atoms with Crippen LogP contribution in [-0.2, 0) is 10.0 Å². The normalized spacial score (nSPS) is 13.8. The molecule has 0 aliphatic carbocycles. The Morgan fingerprint density at radius 2 is 2.20 bits per heavy atom. The number of rotatable bonds is 4. The van der Waals surface area contributed by atoms with Crippen LogP contribution in [0.4, 0.5) is 0 Å². The van der Waals surface area contributed by atoms with Crippen LogP contribution < -0.4 is 4.72 Å². The lowest BCUT2D eigenvalue weighted by atomic mass is 10.1. The Balaban J connectivity index is 2.82. The Bertz CT molecular complexity index is 435. The van der Waals surface area contributed by atoms with Gasteiger partial charge >= 0.3 is 0 Å². The number of benzene rings is 1. The maximum atomic E-state index is 11.3. The van der Waals surface area contributed by atoms with Crippen LogP contribution in [-0.4, -0.2) is 13.1 Å². The van der Waals surface area contributed by atoms with Crippen LogP contribution in [0.15, 0.2) is 24.3 Å². The first kappa shape index (κ1) is 13.0. The topological polar surface area (TPSA) is 46.2 Å². The van der Waals surface area contributed by atoms with Crippen LogP contribution in [0.25, 0.3) is 0 Å². The van der Waals surface area contributed by atoms with Gasteiger partial charge in [0.25, 0.3) is 0 Å². The highest BCUT2D eigenvalue weighted by molar-refractivity contribution is 9.10. The smallest absolute Gasteiger partial charge is 0.212 e. The predicted octanol–water partition coefficient (Wildman–Crippen LogP) is 2.67. The molecule has 0 aliphatic heterocycles. The first-order valence-electron chi connectivity index (χ1n) is 4.26. The molecule has 6 heteroatoms. The summed E-state index contributed by atoms with van der Waals surface area (Å²) in [6.45, 7) is 1.77. The van der Waals surface area contributed by atoms with Crippen molar-refractivity contribution in [1.29, 1.82) is 0 Å². The number of halogens is 2. The number of sulfonamides is 1. The van der Waals surface area contributed by atoms with E-state index in [4.69, 9.17) is 11.6 Å². The van der Waals surface area contributed by atoms with Gasteiger partial charge in [-0.05, 0) is 24.6 Å². The molecule has 0 spiro atoms. The summed E-state index contributed by atoms with van der Waals surface area (Å²) in [4.78, 5) is 0. The molecule has 0 amide bonds. The monoisotopic (exact) mass is 311 g/mol. The summed E-state index contributed by atoms with van der Waals surface area (Å²) in [5, 5.41) is 0.595. The molecule has 0 heterocycles. The molecule has 0 saturated carbocycles. The third-order valence-corrected chi connectivity index (χ3v) is 4.89. The first-order valence-corrected chi connectivity index (χ1v) is 7.41. The average molecular weight is 313 g/mol. The van der Waals surface area contributed by atoms with E-state index in [9.17, 15) is 8.42 Å². The molecule has 1 rings (SSSR count). The van der Waals surface area contributed by atoms with Gasteiger partial charge < -0.3 is 0 Å². The van der Waals surface area contributed by atoms with Crippen LogP contribution in [0, 0.1) is 0 Å². The van der Waals surface area contributed by atoms with Crippen LogP contribution in [0.5, 0.6) is 0 Å².